The molecule has 33 heavy (non-hydrogen) atoms. The van der Waals surface area contributed by atoms with Gasteiger partial charge in [0.15, 0.2) is 0 Å². The van der Waals surface area contributed by atoms with E-state index < -0.39 is 6.04 Å². The lowest BCUT2D eigenvalue weighted by Crippen LogP contribution is -2.37. The normalized spacial score (nSPS) is 11.3. The van der Waals surface area contributed by atoms with Gasteiger partial charge in [-0.05, 0) is 29.8 Å². The first-order valence-electron chi connectivity index (χ1n) is 10.4. The topological polar surface area (TPSA) is 87.3 Å². The van der Waals surface area contributed by atoms with E-state index in [9.17, 15) is 14.4 Å². The molecule has 3 rings (SSSR count). The zero-order valence-electron chi connectivity index (χ0n) is 17.7. The van der Waals surface area contributed by atoms with Crippen molar-refractivity contribution in [2.24, 2.45) is 0 Å². The molecule has 3 N–H and O–H groups in total. The first-order chi connectivity index (χ1) is 16.0. The van der Waals surface area contributed by atoms with Crippen LogP contribution in [-0.2, 0) is 4.79 Å². The molecule has 0 saturated carbocycles. The molecular weight excluding hydrogens is 461 g/mol. The van der Waals surface area contributed by atoms with Gasteiger partial charge < -0.3 is 16.0 Å². The maximum atomic E-state index is 12.7. The highest BCUT2D eigenvalue weighted by Crippen LogP contribution is 2.20. The van der Waals surface area contributed by atoms with Crippen molar-refractivity contribution in [2.45, 2.75) is 12.5 Å². The Kier molecular flexibility index (Phi) is 8.87. The van der Waals surface area contributed by atoms with E-state index in [4.69, 9.17) is 23.2 Å². The minimum Gasteiger partial charge on any atom is -0.354 e. The fourth-order valence-corrected chi connectivity index (χ4v) is 3.64. The summed E-state index contributed by atoms with van der Waals surface area (Å²) in [6.45, 7) is 0.465. The van der Waals surface area contributed by atoms with Crippen LogP contribution in [-0.4, -0.2) is 30.8 Å². The van der Waals surface area contributed by atoms with Crippen molar-refractivity contribution in [1.82, 2.24) is 16.0 Å². The molecule has 0 spiro atoms. The van der Waals surface area contributed by atoms with Crippen LogP contribution in [0.3, 0.4) is 0 Å². The molecule has 0 radical (unpaired) electrons. The Labute approximate surface area is 202 Å². The third kappa shape index (κ3) is 7.07. The summed E-state index contributed by atoms with van der Waals surface area (Å²) < 4.78 is 0. The maximum absolute atomic E-state index is 12.7. The molecule has 0 saturated heterocycles. The van der Waals surface area contributed by atoms with E-state index in [1.54, 1.807) is 48.5 Å². The van der Waals surface area contributed by atoms with Gasteiger partial charge in [-0.2, -0.15) is 0 Å². The highest BCUT2D eigenvalue weighted by molar-refractivity contribution is 6.34. The molecule has 3 aromatic carbocycles. The lowest BCUT2D eigenvalue weighted by molar-refractivity contribution is -0.121. The average molecular weight is 484 g/mol. The van der Waals surface area contributed by atoms with Crippen LogP contribution in [0.15, 0.2) is 78.9 Å². The maximum Gasteiger partial charge on any atom is 0.253 e. The summed E-state index contributed by atoms with van der Waals surface area (Å²) in [5.74, 6) is -0.950. The summed E-state index contributed by atoms with van der Waals surface area (Å²) in [7, 11) is 0. The van der Waals surface area contributed by atoms with Crippen molar-refractivity contribution < 1.29 is 14.4 Å². The second-order valence-electron chi connectivity index (χ2n) is 7.21. The van der Waals surface area contributed by atoms with Crippen molar-refractivity contribution in [3.05, 3.63) is 106 Å². The molecule has 170 valence electrons. The molecular formula is C25H23Cl2N3O3. The van der Waals surface area contributed by atoms with Crippen LogP contribution in [0.2, 0.25) is 10.0 Å². The van der Waals surface area contributed by atoms with Gasteiger partial charge in [-0.3, -0.25) is 14.4 Å². The summed E-state index contributed by atoms with van der Waals surface area (Å²) in [5.41, 5.74) is 1.50. The Bertz CT molecular complexity index is 1120. The molecule has 0 aromatic heterocycles. The number of amides is 3. The molecule has 0 aliphatic rings. The third-order valence-electron chi connectivity index (χ3n) is 4.87. The van der Waals surface area contributed by atoms with Gasteiger partial charge in [0.2, 0.25) is 5.91 Å². The Morgan fingerprint density at radius 3 is 1.79 bits per heavy atom. The van der Waals surface area contributed by atoms with E-state index in [0.29, 0.717) is 21.2 Å². The highest BCUT2D eigenvalue weighted by Gasteiger charge is 2.20. The lowest BCUT2D eigenvalue weighted by atomic mass is 10.0. The van der Waals surface area contributed by atoms with Crippen molar-refractivity contribution in [1.29, 1.82) is 0 Å². The standard InChI is InChI=1S/C25H23Cl2N3O3/c26-20-12-6-4-10-18(20)24(32)29-15-14-28-23(31)16-22(17-8-2-1-3-9-17)30-25(33)19-11-5-7-13-21(19)27/h1-13,22H,14-16H2,(H,28,31)(H,29,32)(H,30,33). The van der Waals surface area contributed by atoms with Crippen LogP contribution in [0, 0.1) is 0 Å². The first-order valence-corrected chi connectivity index (χ1v) is 11.1. The third-order valence-corrected chi connectivity index (χ3v) is 5.53. The Morgan fingerprint density at radius 2 is 1.18 bits per heavy atom. The van der Waals surface area contributed by atoms with Crippen LogP contribution in [0.25, 0.3) is 0 Å². The van der Waals surface area contributed by atoms with Gasteiger partial charge in [0.05, 0.1) is 33.6 Å². The van der Waals surface area contributed by atoms with Crippen molar-refractivity contribution in [3.8, 4) is 0 Å². The van der Waals surface area contributed by atoms with Crippen molar-refractivity contribution in [2.75, 3.05) is 13.1 Å². The van der Waals surface area contributed by atoms with Crippen molar-refractivity contribution >= 4 is 40.9 Å². The van der Waals surface area contributed by atoms with Crippen molar-refractivity contribution in [3.63, 3.8) is 0 Å². The van der Waals surface area contributed by atoms with E-state index in [1.807, 2.05) is 30.3 Å². The Morgan fingerprint density at radius 1 is 0.667 bits per heavy atom. The minimum absolute atomic E-state index is 0.0265. The molecule has 0 aliphatic carbocycles. The van der Waals surface area contributed by atoms with Gasteiger partial charge in [0.1, 0.15) is 0 Å². The number of hydrogen-bond donors (Lipinski definition) is 3. The number of carbonyl (C=O) groups is 3. The number of benzene rings is 3. The molecule has 0 heterocycles. The molecule has 3 aromatic rings. The van der Waals surface area contributed by atoms with Gasteiger partial charge in [-0.25, -0.2) is 0 Å². The quantitative estimate of drug-likeness (QED) is 0.394. The summed E-state index contributed by atoms with van der Waals surface area (Å²) >= 11 is 12.2. The van der Waals surface area contributed by atoms with Gasteiger partial charge in [-0.15, -0.1) is 0 Å². The molecule has 3 amide bonds. The predicted octanol–water partition coefficient (Wildman–Crippen LogP) is 4.40. The SMILES string of the molecule is O=C(CC(NC(=O)c1ccccc1Cl)c1ccccc1)NCCNC(=O)c1ccccc1Cl. The van der Waals surface area contributed by atoms with Crippen LogP contribution >= 0.6 is 23.2 Å². The minimum atomic E-state index is -0.548. The van der Waals surface area contributed by atoms with Gasteiger partial charge >= 0.3 is 0 Å². The summed E-state index contributed by atoms with van der Waals surface area (Å²) in [5, 5.41) is 9.07. The monoisotopic (exact) mass is 483 g/mol. The zero-order chi connectivity index (χ0) is 23.6. The Balaban J connectivity index is 1.55. The summed E-state index contributed by atoms with van der Waals surface area (Å²) in [4.78, 5) is 37.5. The molecule has 0 fully saturated rings. The van der Waals surface area contributed by atoms with Gasteiger partial charge in [0.25, 0.3) is 11.8 Å². The molecule has 1 atom stereocenters. The molecule has 1 unspecified atom stereocenters. The van der Waals surface area contributed by atoms with Crippen LogP contribution in [0.1, 0.15) is 38.7 Å². The predicted molar refractivity (Wildman–Crippen MR) is 130 cm³/mol. The van der Waals surface area contributed by atoms with Crippen LogP contribution < -0.4 is 16.0 Å². The fourth-order valence-electron chi connectivity index (χ4n) is 3.20. The largest absolute Gasteiger partial charge is 0.354 e. The van der Waals surface area contributed by atoms with Gasteiger partial charge in [0, 0.05) is 13.1 Å². The van der Waals surface area contributed by atoms with Crippen LogP contribution in [0.4, 0.5) is 0 Å². The second kappa shape index (κ2) is 12.0. The zero-order valence-corrected chi connectivity index (χ0v) is 19.2. The fraction of sp³-hybridized carbons (Fsp3) is 0.160. The molecule has 0 aliphatic heterocycles. The smallest absolute Gasteiger partial charge is 0.253 e. The molecule has 6 nitrogen and oxygen atoms in total. The highest BCUT2D eigenvalue weighted by atomic mass is 35.5. The molecule has 0 bridgehead atoms. The van der Waals surface area contributed by atoms with Crippen LogP contribution in [0.5, 0.6) is 0 Å². The average Bonchev–Trinajstić information content (AvgIpc) is 2.82. The number of hydrogen-bond acceptors (Lipinski definition) is 3. The number of carbonyl (C=O) groups excluding carboxylic acids is 3. The van der Waals surface area contributed by atoms with Gasteiger partial charge in [-0.1, -0.05) is 77.8 Å². The van der Waals surface area contributed by atoms with E-state index in [-0.39, 0.29) is 37.2 Å². The first kappa shape index (κ1) is 24.3. The summed E-state index contributed by atoms with van der Waals surface area (Å²) in [6, 6.07) is 22.1. The molecule has 8 heteroatoms. The van der Waals surface area contributed by atoms with E-state index >= 15 is 0 Å². The summed E-state index contributed by atoms with van der Waals surface area (Å²) in [6.07, 6.45) is 0.0265. The number of halogens is 2. The lowest BCUT2D eigenvalue weighted by Gasteiger charge is -2.19. The van der Waals surface area contributed by atoms with E-state index in [0.717, 1.165) is 5.56 Å². The van der Waals surface area contributed by atoms with E-state index in [1.165, 1.54) is 0 Å². The van der Waals surface area contributed by atoms with E-state index in [2.05, 4.69) is 16.0 Å². The number of nitrogens with one attached hydrogen (secondary N) is 3. The Hall–Kier alpha value is -3.35. The second-order valence-corrected chi connectivity index (χ2v) is 8.02. The number of rotatable bonds is 9.